The van der Waals surface area contributed by atoms with E-state index in [2.05, 4.69) is 15.1 Å². The maximum atomic E-state index is 13.0. The van der Waals surface area contributed by atoms with E-state index in [0.29, 0.717) is 38.0 Å². The predicted molar refractivity (Wildman–Crippen MR) is 120 cm³/mol. The van der Waals surface area contributed by atoms with Crippen molar-refractivity contribution in [2.75, 3.05) is 13.1 Å². The van der Waals surface area contributed by atoms with Crippen molar-refractivity contribution in [1.82, 2.24) is 24.6 Å². The van der Waals surface area contributed by atoms with Gasteiger partial charge in [-0.05, 0) is 30.5 Å². The van der Waals surface area contributed by atoms with Crippen LogP contribution in [0, 0.1) is 5.92 Å². The summed E-state index contributed by atoms with van der Waals surface area (Å²) < 4.78 is 1.67. The third kappa shape index (κ3) is 4.14. The molecular formula is C25H23N5O2. The van der Waals surface area contributed by atoms with E-state index in [1.807, 2.05) is 60.7 Å². The van der Waals surface area contributed by atoms with E-state index < -0.39 is 0 Å². The molecular weight excluding hydrogens is 402 g/mol. The summed E-state index contributed by atoms with van der Waals surface area (Å²) in [4.78, 5) is 36.2. The molecule has 0 N–H and O–H groups in total. The molecule has 2 aromatic carbocycles. The van der Waals surface area contributed by atoms with E-state index in [9.17, 15) is 9.59 Å². The van der Waals surface area contributed by atoms with E-state index in [1.54, 1.807) is 22.1 Å². The Morgan fingerprint density at radius 1 is 0.938 bits per heavy atom. The van der Waals surface area contributed by atoms with Crippen molar-refractivity contribution in [3.05, 3.63) is 90.1 Å². The first-order chi connectivity index (χ1) is 15.7. The summed E-state index contributed by atoms with van der Waals surface area (Å²) in [7, 11) is 0. The van der Waals surface area contributed by atoms with Crippen molar-refractivity contribution < 1.29 is 9.59 Å². The number of carbonyl (C=O) groups is 2. The van der Waals surface area contributed by atoms with Crippen molar-refractivity contribution in [3.63, 3.8) is 0 Å². The molecule has 3 heterocycles. The Morgan fingerprint density at radius 3 is 2.50 bits per heavy atom. The Bertz CT molecular complexity index is 1260. The maximum absolute atomic E-state index is 13.0. The monoisotopic (exact) mass is 425 g/mol. The van der Waals surface area contributed by atoms with Crippen molar-refractivity contribution in [2.24, 2.45) is 5.92 Å². The summed E-state index contributed by atoms with van der Waals surface area (Å²) in [5.74, 6) is 0.00532. The zero-order valence-electron chi connectivity index (χ0n) is 17.6. The Labute approximate surface area is 185 Å². The van der Waals surface area contributed by atoms with Crippen LogP contribution in [-0.2, 0) is 6.54 Å². The highest BCUT2D eigenvalue weighted by atomic mass is 16.2. The van der Waals surface area contributed by atoms with Gasteiger partial charge in [-0.1, -0.05) is 48.5 Å². The number of ketones is 1. The van der Waals surface area contributed by atoms with Crippen LogP contribution in [0.2, 0.25) is 0 Å². The van der Waals surface area contributed by atoms with Crippen LogP contribution in [0.4, 0.5) is 0 Å². The number of benzene rings is 2. The lowest BCUT2D eigenvalue weighted by Crippen LogP contribution is -2.40. The van der Waals surface area contributed by atoms with E-state index in [0.717, 1.165) is 16.5 Å². The lowest BCUT2D eigenvalue weighted by molar-refractivity contribution is 0.0640. The maximum Gasteiger partial charge on any atom is 0.293 e. The molecule has 1 fully saturated rings. The fourth-order valence-electron chi connectivity index (χ4n) is 4.17. The highest BCUT2D eigenvalue weighted by Gasteiger charge is 2.30. The third-order valence-electron chi connectivity index (χ3n) is 5.94. The molecule has 0 saturated carbocycles. The van der Waals surface area contributed by atoms with Gasteiger partial charge in [-0.3, -0.25) is 14.6 Å². The molecule has 1 aliphatic heterocycles. The fraction of sp³-hybridized carbons (Fsp3) is 0.240. The smallest absolute Gasteiger partial charge is 0.293 e. The molecule has 5 rings (SSSR count). The van der Waals surface area contributed by atoms with Gasteiger partial charge in [0, 0.05) is 36.2 Å². The van der Waals surface area contributed by atoms with E-state index >= 15 is 0 Å². The fourth-order valence-corrected chi connectivity index (χ4v) is 4.17. The molecule has 1 saturated heterocycles. The van der Waals surface area contributed by atoms with Gasteiger partial charge in [-0.25, -0.2) is 9.67 Å². The highest BCUT2D eigenvalue weighted by Crippen LogP contribution is 2.24. The van der Waals surface area contributed by atoms with Gasteiger partial charge in [0.1, 0.15) is 6.33 Å². The van der Waals surface area contributed by atoms with Crippen LogP contribution in [-0.4, -0.2) is 49.4 Å². The van der Waals surface area contributed by atoms with Crippen LogP contribution >= 0.6 is 0 Å². The van der Waals surface area contributed by atoms with Crippen molar-refractivity contribution >= 4 is 22.6 Å². The predicted octanol–water partition coefficient (Wildman–Crippen LogP) is 3.61. The first-order valence-corrected chi connectivity index (χ1v) is 10.8. The molecule has 0 aliphatic carbocycles. The van der Waals surface area contributed by atoms with Crippen LogP contribution in [0.25, 0.3) is 10.9 Å². The Hall–Kier alpha value is -3.87. The topological polar surface area (TPSA) is 81.0 Å². The number of Topliss-reactive ketones (excluding diaryl/α,β-unsaturated/α-hetero) is 1. The zero-order valence-corrected chi connectivity index (χ0v) is 17.6. The number of fused-ring (bicyclic) bond motifs is 1. The summed E-state index contributed by atoms with van der Waals surface area (Å²) in [6, 6.07) is 19.6. The van der Waals surface area contributed by atoms with Gasteiger partial charge >= 0.3 is 0 Å². The number of aromatic nitrogens is 4. The lowest BCUT2D eigenvalue weighted by atomic mass is 9.89. The number of nitrogens with zero attached hydrogens (tertiary/aromatic N) is 5. The van der Waals surface area contributed by atoms with Gasteiger partial charge in [-0.15, -0.1) is 5.10 Å². The summed E-state index contributed by atoms with van der Waals surface area (Å²) in [6.45, 7) is 1.60. The lowest BCUT2D eigenvalue weighted by Gasteiger charge is -2.30. The molecule has 0 atom stereocenters. The molecule has 1 aliphatic rings. The molecule has 0 unspecified atom stereocenters. The van der Waals surface area contributed by atoms with Gasteiger partial charge in [0.15, 0.2) is 5.78 Å². The summed E-state index contributed by atoms with van der Waals surface area (Å²) >= 11 is 0. The minimum Gasteiger partial charge on any atom is -0.336 e. The van der Waals surface area contributed by atoms with Crippen LogP contribution in [0.1, 0.15) is 39.4 Å². The van der Waals surface area contributed by atoms with Gasteiger partial charge in [0.25, 0.3) is 5.91 Å². The first kappa shape index (κ1) is 20.1. The number of likely N-dealkylation sites (tertiary alicyclic amines) is 1. The van der Waals surface area contributed by atoms with E-state index in [4.69, 9.17) is 0 Å². The summed E-state index contributed by atoms with van der Waals surface area (Å²) in [6.07, 6.45) is 4.50. The van der Waals surface area contributed by atoms with Crippen LogP contribution in [0.15, 0.2) is 73.2 Å². The molecule has 0 bridgehead atoms. The van der Waals surface area contributed by atoms with Gasteiger partial charge in [-0.2, -0.15) is 0 Å². The number of amides is 1. The number of pyridine rings is 1. The quantitative estimate of drug-likeness (QED) is 0.456. The van der Waals surface area contributed by atoms with Gasteiger partial charge in [0.05, 0.1) is 12.1 Å². The largest absolute Gasteiger partial charge is 0.336 e. The summed E-state index contributed by atoms with van der Waals surface area (Å²) in [5, 5.41) is 5.31. The Balaban J connectivity index is 1.20. The molecule has 0 spiro atoms. The number of hydrogen-bond acceptors (Lipinski definition) is 5. The molecule has 2 aromatic heterocycles. The minimum absolute atomic E-state index is 0.0978. The average molecular weight is 425 g/mol. The normalized spacial score (nSPS) is 14.6. The van der Waals surface area contributed by atoms with Gasteiger partial charge < -0.3 is 4.90 Å². The number of carbonyl (C=O) groups excluding carboxylic acids is 2. The molecule has 7 nitrogen and oxygen atoms in total. The number of para-hydroxylation sites is 1. The standard InChI is InChI=1S/C25H23N5O2/c31-23(21-14-20-8-4-5-9-22(20)26-15-21)19-10-12-29(13-11-19)25(32)24-27-17-30(28-24)16-18-6-2-1-3-7-18/h1-9,14-15,17,19H,10-13,16H2. The number of hydrogen-bond donors (Lipinski definition) is 0. The van der Waals surface area contributed by atoms with Crippen molar-refractivity contribution in [1.29, 1.82) is 0 Å². The van der Waals surface area contributed by atoms with Gasteiger partial charge in [0.2, 0.25) is 5.82 Å². The Morgan fingerprint density at radius 2 is 1.69 bits per heavy atom. The van der Waals surface area contributed by atoms with Crippen LogP contribution in [0.3, 0.4) is 0 Å². The molecule has 1 amide bonds. The Kier molecular flexibility index (Phi) is 5.46. The van der Waals surface area contributed by atoms with E-state index in [-0.39, 0.29) is 23.4 Å². The number of piperidine rings is 1. The van der Waals surface area contributed by atoms with Crippen LogP contribution in [0.5, 0.6) is 0 Å². The second-order valence-electron chi connectivity index (χ2n) is 8.10. The van der Waals surface area contributed by atoms with Crippen molar-refractivity contribution in [2.45, 2.75) is 19.4 Å². The summed E-state index contributed by atoms with van der Waals surface area (Å²) in [5.41, 5.74) is 2.61. The SMILES string of the molecule is O=C(c1cnc2ccccc2c1)C1CCN(C(=O)c2ncn(Cc3ccccc3)n2)CC1. The van der Waals surface area contributed by atoms with Crippen LogP contribution < -0.4 is 0 Å². The zero-order chi connectivity index (χ0) is 21.9. The number of rotatable bonds is 5. The first-order valence-electron chi connectivity index (χ1n) is 10.8. The molecule has 0 radical (unpaired) electrons. The van der Waals surface area contributed by atoms with Crippen molar-refractivity contribution in [3.8, 4) is 0 Å². The minimum atomic E-state index is -0.185. The molecule has 32 heavy (non-hydrogen) atoms. The highest BCUT2D eigenvalue weighted by molar-refractivity contribution is 6.00. The molecule has 160 valence electrons. The molecule has 7 heteroatoms. The van der Waals surface area contributed by atoms with E-state index in [1.165, 1.54) is 0 Å². The third-order valence-corrected chi connectivity index (χ3v) is 5.94. The molecule has 4 aromatic rings. The second kappa shape index (κ2) is 8.70. The average Bonchev–Trinajstić information content (AvgIpc) is 3.32. The second-order valence-corrected chi connectivity index (χ2v) is 8.10.